The highest BCUT2D eigenvalue weighted by atomic mass is 127. The molecule has 0 spiro atoms. The van der Waals surface area contributed by atoms with E-state index in [9.17, 15) is 0 Å². The van der Waals surface area contributed by atoms with Crippen LogP contribution in [0.3, 0.4) is 0 Å². The van der Waals surface area contributed by atoms with Crippen molar-refractivity contribution in [2.45, 2.75) is 46.2 Å². The van der Waals surface area contributed by atoms with Gasteiger partial charge in [0.15, 0.2) is 5.96 Å². The fourth-order valence-electron chi connectivity index (χ4n) is 3.51. The van der Waals surface area contributed by atoms with Crippen molar-refractivity contribution in [2.75, 3.05) is 46.8 Å². The van der Waals surface area contributed by atoms with E-state index in [2.05, 4.69) is 72.6 Å². The molecule has 28 heavy (non-hydrogen) atoms. The zero-order valence-corrected chi connectivity index (χ0v) is 20.5. The molecule has 5 nitrogen and oxygen atoms in total. The van der Waals surface area contributed by atoms with Gasteiger partial charge < -0.3 is 20.4 Å². The number of rotatable bonds is 9. The summed E-state index contributed by atoms with van der Waals surface area (Å²) >= 11 is 0. The topological polar surface area (TPSA) is 42.9 Å². The first-order chi connectivity index (χ1) is 13.1. The minimum absolute atomic E-state index is 0. The first kappa shape index (κ1) is 25.2. The summed E-state index contributed by atoms with van der Waals surface area (Å²) < 4.78 is 0. The quantitative estimate of drug-likeness (QED) is 0.235. The number of nitrogens with one attached hydrogen (secondary N) is 2. The molecule has 1 fully saturated rings. The summed E-state index contributed by atoms with van der Waals surface area (Å²) in [6.07, 6.45) is 3.86. The minimum atomic E-state index is 0. The van der Waals surface area contributed by atoms with Gasteiger partial charge in [-0.25, -0.2) is 4.99 Å². The van der Waals surface area contributed by atoms with Crippen molar-refractivity contribution in [1.29, 1.82) is 0 Å². The van der Waals surface area contributed by atoms with Crippen LogP contribution in [0, 0.1) is 5.92 Å². The van der Waals surface area contributed by atoms with E-state index in [0.717, 1.165) is 37.9 Å². The van der Waals surface area contributed by atoms with Gasteiger partial charge in [0.1, 0.15) is 0 Å². The Morgan fingerprint density at radius 1 is 1.14 bits per heavy atom. The molecule has 0 aliphatic carbocycles. The zero-order valence-electron chi connectivity index (χ0n) is 18.2. The number of piperidine rings is 1. The van der Waals surface area contributed by atoms with Crippen LogP contribution >= 0.6 is 24.0 Å². The van der Waals surface area contributed by atoms with Crippen LogP contribution in [-0.2, 0) is 13.1 Å². The Morgan fingerprint density at radius 2 is 1.82 bits per heavy atom. The Kier molecular flexibility index (Phi) is 12.7. The number of aliphatic imine (C=N–C) groups is 1. The number of halogens is 1. The molecule has 0 bridgehead atoms. The van der Waals surface area contributed by atoms with Crippen molar-refractivity contribution in [3.05, 3.63) is 35.4 Å². The first-order valence-corrected chi connectivity index (χ1v) is 10.5. The monoisotopic (exact) mass is 501 g/mol. The van der Waals surface area contributed by atoms with Gasteiger partial charge in [-0.3, -0.25) is 0 Å². The summed E-state index contributed by atoms with van der Waals surface area (Å²) in [4.78, 5) is 9.61. The third-order valence-electron chi connectivity index (χ3n) is 5.18. The van der Waals surface area contributed by atoms with E-state index >= 15 is 0 Å². The van der Waals surface area contributed by atoms with Crippen LogP contribution in [0.1, 0.15) is 44.2 Å². The molecular formula is C22H40IN5. The van der Waals surface area contributed by atoms with Crippen molar-refractivity contribution < 1.29 is 0 Å². The highest BCUT2D eigenvalue weighted by Crippen LogP contribution is 2.15. The van der Waals surface area contributed by atoms with Crippen LogP contribution in [0.25, 0.3) is 0 Å². The van der Waals surface area contributed by atoms with Crippen molar-refractivity contribution in [1.82, 2.24) is 20.4 Å². The van der Waals surface area contributed by atoms with Crippen molar-refractivity contribution in [3.63, 3.8) is 0 Å². The fourth-order valence-corrected chi connectivity index (χ4v) is 3.51. The Bertz CT molecular complexity index is 568. The highest BCUT2D eigenvalue weighted by molar-refractivity contribution is 14.0. The van der Waals surface area contributed by atoms with Crippen molar-refractivity contribution in [2.24, 2.45) is 10.9 Å². The van der Waals surface area contributed by atoms with E-state index in [-0.39, 0.29) is 24.0 Å². The lowest BCUT2D eigenvalue weighted by Crippen LogP contribution is -2.39. The third kappa shape index (κ3) is 9.56. The lowest BCUT2D eigenvalue weighted by Gasteiger charge is -2.30. The Hall–Kier alpha value is -0.860. The molecule has 0 aromatic heterocycles. The van der Waals surface area contributed by atoms with Crippen molar-refractivity contribution >= 4 is 29.9 Å². The number of guanidine groups is 1. The Labute approximate surface area is 189 Å². The molecule has 1 aromatic carbocycles. The number of likely N-dealkylation sites (tertiary alicyclic amines) is 1. The maximum Gasteiger partial charge on any atom is 0.191 e. The first-order valence-electron chi connectivity index (χ1n) is 10.5. The molecule has 0 amide bonds. The summed E-state index contributed by atoms with van der Waals surface area (Å²) in [5.41, 5.74) is 2.65. The number of hydrogen-bond donors (Lipinski definition) is 2. The molecule has 1 aliphatic rings. The van der Waals surface area contributed by atoms with Gasteiger partial charge in [0, 0.05) is 19.6 Å². The van der Waals surface area contributed by atoms with Gasteiger partial charge >= 0.3 is 0 Å². The lowest BCUT2D eigenvalue weighted by molar-refractivity contribution is 0.191. The molecule has 1 aromatic rings. The molecule has 0 saturated carbocycles. The Morgan fingerprint density at radius 3 is 2.46 bits per heavy atom. The molecule has 0 unspecified atom stereocenters. The second-order valence-corrected chi connectivity index (χ2v) is 8.01. The van der Waals surface area contributed by atoms with E-state index in [4.69, 9.17) is 4.99 Å². The zero-order chi connectivity index (χ0) is 19.5. The van der Waals surface area contributed by atoms with Gasteiger partial charge in [-0.1, -0.05) is 31.2 Å². The fraction of sp³-hybridized carbons (Fsp3) is 0.682. The van der Waals surface area contributed by atoms with Crippen LogP contribution in [0.4, 0.5) is 0 Å². The third-order valence-corrected chi connectivity index (χ3v) is 5.18. The van der Waals surface area contributed by atoms with E-state index in [1.807, 2.05) is 0 Å². The number of nitrogens with zero attached hydrogens (tertiary/aromatic N) is 3. The second-order valence-electron chi connectivity index (χ2n) is 8.01. The summed E-state index contributed by atoms with van der Waals surface area (Å²) in [5.74, 6) is 1.83. The molecule has 2 rings (SSSR count). The maximum atomic E-state index is 4.81. The molecule has 160 valence electrons. The summed E-state index contributed by atoms with van der Waals surface area (Å²) in [5, 5.41) is 6.87. The molecule has 1 saturated heterocycles. The molecule has 6 heteroatoms. The standard InChI is InChI=1S/C22H39N5.HI/c1-5-23-22(24-13-8-14-27-15-11-19(2)12-16-27)25-17-20-9-6-7-10-21(20)18-26(3)4;/h6-7,9-10,19H,5,8,11-18H2,1-4H3,(H2,23,24,25);1H. The van der Waals surface area contributed by atoms with Crippen LogP contribution in [0.15, 0.2) is 29.3 Å². The second kappa shape index (κ2) is 14.2. The predicted octanol–water partition coefficient (Wildman–Crippen LogP) is 3.54. The molecule has 1 heterocycles. The number of benzene rings is 1. The molecule has 0 atom stereocenters. The SMILES string of the molecule is CCNC(=NCc1ccccc1CN(C)C)NCCCN1CCC(C)CC1.I. The van der Waals surface area contributed by atoms with Gasteiger partial charge in [-0.15, -0.1) is 24.0 Å². The highest BCUT2D eigenvalue weighted by Gasteiger charge is 2.14. The van der Waals surface area contributed by atoms with E-state index in [1.54, 1.807) is 0 Å². The average Bonchev–Trinajstić information content (AvgIpc) is 2.65. The van der Waals surface area contributed by atoms with E-state index in [1.165, 1.54) is 43.6 Å². The predicted molar refractivity (Wildman–Crippen MR) is 132 cm³/mol. The van der Waals surface area contributed by atoms with Gasteiger partial charge in [0.05, 0.1) is 6.54 Å². The van der Waals surface area contributed by atoms with E-state index in [0.29, 0.717) is 6.54 Å². The summed E-state index contributed by atoms with van der Waals surface area (Å²) in [6, 6.07) is 8.59. The summed E-state index contributed by atoms with van der Waals surface area (Å²) in [6.45, 7) is 11.7. The maximum absolute atomic E-state index is 4.81. The number of hydrogen-bond acceptors (Lipinski definition) is 3. The average molecular weight is 502 g/mol. The van der Waals surface area contributed by atoms with Gasteiger partial charge in [0.2, 0.25) is 0 Å². The van der Waals surface area contributed by atoms with Crippen LogP contribution < -0.4 is 10.6 Å². The van der Waals surface area contributed by atoms with Gasteiger partial charge in [-0.05, 0) is 77.0 Å². The molecule has 0 radical (unpaired) electrons. The molecular weight excluding hydrogens is 461 g/mol. The van der Waals surface area contributed by atoms with Gasteiger partial charge in [0.25, 0.3) is 0 Å². The van der Waals surface area contributed by atoms with Crippen LogP contribution in [0.2, 0.25) is 0 Å². The Balaban J connectivity index is 0.00000392. The molecule has 1 aliphatic heterocycles. The van der Waals surface area contributed by atoms with E-state index < -0.39 is 0 Å². The smallest absolute Gasteiger partial charge is 0.191 e. The molecule has 2 N–H and O–H groups in total. The summed E-state index contributed by atoms with van der Waals surface area (Å²) in [7, 11) is 4.21. The normalized spacial score (nSPS) is 16.1. The minimum Gasteiger partial charge on any atom is -0.357 e. The van der Waals surface area contributed by atoms with Gasteiger partial charge in [-0.2, -0.15) is 0 Å². The van der Waals surface area contributed by atoms with Crippen molar-refractivity contribution in [3.8, 4) is 0 Å². The largest absolute Gasteiger partial charge is 0.357 e. The van der Waals surface area contributed by atoms with Crippen LogP contribution in [-0.4, -0.2) is 62.6 Å². The van der Waals surface area contributed by atoms with Crippen LogP contribution in [0.5, 0.6) is 0 Å². The lowest BCUT2D eigenvalue weighted by atomic mass is 9.99.